The van der Waals surface area contributed by atoms with E-state index in [0.717, 1.165) is 24.0 Å². The number of aliphatic hydroxyl groups is 1. The van der Waals surface area contributed by atoms with Crippen molar-refractivity contribution < 1.29 is 9.90 Å². The van der Waals surface area contributed by atoms with Crippen LogP contribution in [0.1, 0.15) is 42.5 Å². The number of hydrogen-bond donors (Lipinski definition) is 2. The first kappa shape index (κ1) is 16.7. The molecule has 2 aromatic rings. The highest BCUT2D eigenvalue weighted by atomic mass is 16.3. The van der Waals surface area contributed by atoms with Crippen molar-refractivity contribution >= 4 is 5.91 Å². The van der Waals surface area contributed by atoms with Gasteiger partial charge in [-0.2, -0.15) is 0 Å². The summed E-state index contributed by atoms with van der Waals surface area (Å²) in [6.45, 7) is 0.337. The number of aliphatic hydroxyl groups excluding tert-OH is 1. The molecule has 0 spiro atoms. The quantitative estimate of drug-likeness (QED) is 0.873. The Labute approximate surface area is 143 Å². The van der Waals surface area contributed by atoms with E-state index in [1.165, 1.54) is 19.3 Å². The second-order valence-electron chi connectivity index (χ2n) is 6.62. The molecule has 1 aliphatic carbocycles. The number of benzene rings is 2. The molecule has 0 bridgehead atoms. The zero-order valence-corrected chi connectivity index (χ0v) is 13.9. The monoisotopic (exact) mass is 323 g/mol. The van der Waals surface area contributed by atoms with Gasteiger partial charge < -0.3 is 10.4 Å². The van der Waals surface area contributed by atoms with Gasteiger partial charge in [0.2, 0.25) is 0 Å². The fourth-order valence-electron chi connectivity index (χ4n) is 3.43. The lowest BCUT2D eigenvalue weighted by atomic mass is 9.85. The molecular weight excluding hydrogens is 298 g/mol. The van der Waals surface area contributed by atoms with Crippen molar-refractivity contribution in [1.29, 1.82) is 0 Å². The summed E-state index contributed by atoms with van der Waals surface area (Å²) in [5.41, 5.74) is 2.86. The van der Waals surface area contributed by atoms with Gasteiger partial charge in [0.15, 0.2) is 0 Å². The Bertz CT molecular complexity index is 645. The van der Waals surface area contributed by atoms with Crippen LogP contribution in [0.15, 0.2) is 54.6 Å². The first-order valence-corrected chi connectivity index (χ1v) is 8.86. The van der Waals surface area contributed by atoms with Crippen LogP contribution in [0.2, 0.25) is 0 Å². The third-order valence-corrected chi connectivity index (χ3v) is 4.92. The molecule has 24 heavy (non-hydrogen) atoms. The van der Waals surface area contributed by atoms with Crippen molar-refractivity contribution in [1.82, 2.24) is 5.32 Å². The smallest absolute Gasteiger partial charge is 0.251 e. The number of rotatable bonds is 5. The molecule has 3 heteroatoms. The molecule has 0 aliphatic heterocycles. The standard InChI is InChI=1S/C21H25NO2/c23-20(18-9-5-2-6-10-18)15-22-21(24)19-13-11-17(12-14-19)16-7-3-1-4-8-16/h1,3-4,7-8,11-14,18,20,23H,2,5-6,9-10,15H2,(H,22,24). The number of carbonyl (C=O) groups excluding carboxylic acids is 1. The lowest BCUT2D eigenvalue weighted by molar-refractivity contribution is 0.0738. The van der Waals surface area contributed by atoms with Gasteiger partial charge in [0.05, 0.1) is 6.10 Å². The summed E-state index contributed by atoms with van der Waals surface area (Å²) in [7, 11) is 0. The van der Waals surface area contributed by atoms with Crippen molar-refractivity contribution in [2.45, 2.75) is 38.2 Å². The van der Waals surface area contributed by atoms with Gasteiger partial charge in [0, 0.05) is 12.1 Å². The number of amides is 1. The van der Waals surface area contributed by atoms with Crippen LogP contribution in [0.5, 0.6) is 0 Å². The van der Waals surface area contributed by atoms with Gasteiger partial charge in [0.1, 0.15) is 0 Å². The number of hydrogen-bond acceptors (Lipinski definition) is 2. The van der Waals surface area contributed by atoms with Crippen molar-refractivity contribution in [2.24, 2.45) is 5.92 Å². The second kappa shape index (κ2) is 8.11. The maximum absolute atomic E-state index is 12.3. The molecule has 1 fully saturated rings. The minimum atomic E-state index is -0.433. The van der Waals surface area contributed by atoms with Gasteiger partial charge in [-0.05, 0) is 42.0 Å². The van der Waals surface area contributed by atoms with Crippen LogP contribution in [-0.2, 0) is 0 Å². The molecule has 1 aliphatic rings. The molecule has 3 rings (SSSR count). The van der Waals surface area contributed by atoms with E-state index in [2.05, 4.69) is 17.4 Å². The summed E-state index contributed by atoms with van der Waals surface area (Å²) in [6.07, 6.45) is 5.36. The normalized spacial score (nSPS) is 16.5. The lowest BCUT2D eigenvalue weighted by Crippen LogP contribution is -2.37. The first-order valence-electron chi connectivity index (χ1n) is 8.86. The Morgan fingerprint density at radius 2 is 1.58 bits per heavy atom. The summed E-state index contributed by atoms with van der Waals surface area (Å²) >= 11 is 0. The van der Waals surface area contributed by atoms with Gasteiger partial charge >= 0.3 is 0 Å². The zero-order chi connectivity index (χ0) is 16.8. The van der Waals surface area contributed by atoms with E-state index in [0.29, 0.717) is 18.0 Å². The van der Waals surface area contributed by atoms with Gasteiger partial charge in [0.25, 0.3) is 5.91 Å². The molecule has 1 amide bonds. The van der Waals surface area contributed by atoms with E-state index in [1.807, 2.05) is 42.5 Å². The highest BCUT2D eigenvalue weighted by molar-refractivity contribution is 5.94. The van der Waals surface area contributed by atoms with Crippen LogP contribution in [-0.4, -0.2) is 23.7 Å². The van der Waals surface area contributed by atoms with Crippen LogP contribution >= 0.6 is 0 Å². The Hall–Kier alpha value is -2.13. The van der Waals surface area contributed by atoms with Crippen molar-refractivity contribution in [3.63, 3.8) is 0 Å². The van der Waals surface area contributed by atoms with Crippen molar-refractivity contribution in [2.75, 3.05) is 6.54 Å². The Balaban J connectivity index is 1.55. The fourth-order valence-corrected chi connectivity index (χ4v) is 3.43. The molecule has 0 saturated heterocycles. The largest absolute Gasteiger partial charge is 0.391 e. The van der Waals surface area contributed by atoms with Gasteiger partial charge in [-0.1, -0.05) is 61.7 Å². The third kappa shape index (κ3) is 4.24. The van der Waals surface area contributed by atoms with Crippen LogP contribution < -0.4 is 5.32 Å². The molecule has 0 heterocycles. The first-order chi connectivity index (χ1) is 11.7. The van der Waals surface area contributed by atoms with Crippen LogP contribution in [0.4, 0.5) is 0 Å². The summed E-state index contributed by atoms with van der Waals surface area (Å²) in [5.74, 6) is 0.212. The SMILES string of the molecule is O=C(NCC(O)C1CCCCC1)c1ccc(-c2ccccc2)cc1. The molecule has 1 unspecified atom stereocenters. The van der Waals surface area contributed by atoms with Gasteiger partial charge in [-0.15, -0.1) is 0 Å². The lowest BCUT2D eigenvalue weighted by Gasteiger charge is -2.26. The van der Waals surface area contributed by atoms with Crippen LogP contribution in [0.3, 0.4) is 0 Å². The molecule has 2 aromatic carbocycles. The van der Waals surface area contributed by atoms with E-state index >= 15 is 0 Å². The average Bonchev–Trinajstić information content (AvgIpc) is 2.67. The van der Waals surface area contributed by atoms with Crippen molar-refractivity contribution in [3.8, 4) is 11.1 Å². The maximum atomic E-state index is 12.3. The Morgan fingerprint density at radius 3 is 2.25 bits per heavy atom. The molecule has 2 N–H and O–H groups in total. The van der Waals surface area contributed by atoms with E-state index in [-0.39, 0.29) is 5.91 Å². The molecular formula is C21H25NO2. The third-order valence-electron chi connectivity index (χ3n) is 4.92. The highest BCUT2D eigenvalue weighted by Crippen LogP contribution is 2.26. The molecule has 3 nitrogen and oxygen atoms in total. The average molecular weight is 323 g/mol. The molecule has 0 radical (unpaired) electrons. The predicted molar refractivity (Wildman–Crippen MR) is 96.8 cm³/mol. The van der Waals surface area contributed by atoms with Gasteiger partial charge in [-0.3, -0.25) is 4.79 Å². The second-order valence-corrected chi connectivity index (χ2v) is 6.62. The number of nitrogens with one attached hydrogen (secondary N) is 1. The van der Waals surface area contributed by atoms with E-state index in [9.17, 15) is 9.90 Å². The van der Waals surface area contributed by atoms with Crippen LogP contribution in [0, 0.1) is 5.92 Å². The zero-order valence-electron chi connectivity index (χ0n) is 13.9. The van der Waals surface area contributed by atoms with E-state index in [1.54, 1.807) is 0 Å². The summed E-state index contributed by atoms with van der Waals surface area (Å²) < 4.78 is 0. The maximum Gasteiger partial charge on any atom is 0.251 e. The minimum absolute atomic E-state index is 0.121. The topological polar surface area (TPSA) is 49.3 Å². The van der Waals surface area contributed by atoms with E-state index < -0.39 is 6.10 Å². The van der Waals surface area contributed by atoms with Crippen LogP contribution in [0.25, 0.3) is 11.1 Å². The Morgan fingerprint density at radius 1 is 0.958 bits per heavy atom. The fraction of sp³-hybridized carbons (Fsp3) is 0.381. The van der Waals surface area contributed by atoms with E-state index in [4.69, 9.17) is 0 Å². The number of carbonyl (C=O) groups is 1. The highest BCUT2D eigenvalue weighted by Gasteiger charge is 2.22. The minimum Gasteiger partial charge on any atom is -0.391 e. The Kier molecular flexibility index (Phi) is 5.65. The summed E-state index contributed by atoms with van der Waals surface area (Å²) in [4.78, 5) is 12.3. The van der Waals surface area contributed by atoms with Gasteiger partial charge in [-0.25, -0.2) is 0 Å². The summed E-state index contributed by atoms with van der Waals surface area (Å²) in [6, 6.07) is 17.7. The summed E-state index contributed by atoms with van der Waals surface area (Å²) in [5, 5.41) is 13.1. The molecule has 1 saturated carbocycles. The van der Waals surface area contributed by atoms with Crippen molar-refractivity contribution in [3.05, 3.63) is 60.2 Å². The molecule has 1 atom stereocenters. The molecule has 0 aromatic heterocycles. The molecule has 126 valence electrons. The predicted octanol–water partition coefficient (Wildman–Crippen LogP) is 4.02.